The monoisotopic (exact) mass is 163 g/mol. The number of rotatable bonds is 2. The maximum absolute atomic E-state index is 10.9. The summed E-state index contributed by atoms with van der Waals surface area (Å²) in [4.78, 5) is 10.9. The van der Waals surface area contributed by atoms with Crippen LogP contribution in [0.4, 0.5) is 4.79 Å². The van der Waals surface area contributed by atoms with Gasteiger partial charge in [-0.1, -0.05) is 25.0 Å². The number of carbonyl (C=O) groups is 1. The Kier molecular flexibility index (Phi) is 3.20. The number of carbonyl (C=O) groups excluding carboxylic acids is 1. The first-order valence-electron chi connectivity index (χ1n) is 3.83. The Morgan fingerprint density at radius 2 is 2.08 bits per heavy atom. The van der Waals surface area contributed by atoms with Gasteiger partial charge in [0.1, 0.15) is 5.75 Å². The highest BCUT2D eigenvalue weighted by Crippen LogP contribution is 2.07. The minimum atomic E-state index is -0.413. The number of ether oxygens (including phenoxy) is 1. The van der Waals surface area contributed by atoms with Gasteiger partial charge in [-0.2, -0.15) is 0 Å². The molecule has 12 heavy (non-hydrogen) atoms. The zero-order valence-corrected chi connectivity index (χ0v) is 6.91. The second-order valence-electron chi connectivity index (χ2n) is 2.23. The van der Waals surface area contributed by atoms with Crippen molar-refractivity contribution in [2.75, 3.05) is 0 Å². The fourth-order valence-corrected chi connectivity index (χ4v) is 0.776. The van der Waals surface area contributed by atoms with Gasteiger partial charge in [0, 0.05) is 0 Å². The molecular weight excluding hydrogens is 153 g/mol. The van der Waals surface area contributed by atoms with Crippen LogP contribution in [0.2, 0.25) is 6.82 Å². The van der Waals surface area contributed by atoms with Crippen LogP contribution in [0.5, 0.6) is 5.75 Å². The van der Waals surface area contributed by atoms with E-state index in [9.17, 15) is 4.79 Å². The fourth-order valence-electron chi connectivity index (χ4n) is 0.776. The summed E-state index contributed by atoms with van der Waals surface area (Å²) < 4.78 is 4.90. The Labute approximate surface area is 72.0 Å². The van der Waals surface area contributed by atoms with Crippen molar-refractivity contribution in [3.05, 3.63) is 30.3 Å². The molecule has 0 aliphatic rings. The maximum atomic E-state index is 10.9. The second kappa shape index (κ2) is 4.44. The molecule has 0 atom stereocenters. The minimum Gasteiger partial charge on any atom is -0.411 e. The number of hydrogen-bond acceptors (Lipinski definition) is 2. The number of nitrogens with one attached hydrogen (secondary N) is 1. The van der Waals surface area contributed by atoms with Crippen molar-refractivity contribution in [3.8, 4) is 5.75 Å². The van der Waals surface area contributed by atoms with E-state index in [0.717, 1.165) is 0 Å². The molecule has 0 aromatic heterocycles. The summed E-state index contributed by atoms with van der Waals surface area (Å²) in [5.74, 6) is 0.559. The van der Waals surface area contributed by atoms with Crippen molar-refractivity contribution >= 4 is 13.5 Å². The van der Waals surface area contributed by atoms with Gasteiger partial charge < -0.3 is 9.96 Å². The molecule has 0 saturated heterocycles. The van der Waals surface area contributed by atoms with E-state index in [0.29, 0.717) is 13.2 Å². The standard InChI is InChI=1S/C8H10BNO2/c1-9-10-8(11)12-7-5-3-2-4-6-7/h2-6,9H,1H3,(H,10,11). The van der Waals surface area contributed by atoms with Crippen LogP contribution in [0.1, 0.15) is 0 Å². The quantitative estimate of drug-likeness (QED) is 0.664. The molecule has 0 spiro atoms. The molecule has 62 valence electrons. The van der Waals surface area contributed by atoms with Crippen molar-refractivity contribution in [1.29, 1.82) is 0 Å². The first kappa shape index (κ1) is 8.65. The zero-order chi connectivity index (χ0) is 8.81. The highest BCUT2D eigenvalue weighted by Gasteiger charge is 1.99. The molecule has 0 aliphatic heterocycles. The molecular formula is C8H10BNO2. The van der Waals surface area contributed by atoms with Gasteiger partial charge in [0.25, 0.3) is 0 Å². The Hall–Kier alpha value is -1.45. The highest BCUT2D eigenvalue weighted by molar-refractivity contribution is 6.34. The SMILES string of the molecule is CBNC(=O)Oc1ccccc1. The molecule has 0 heterocycles. The van der Waals surface area contributed by atoms with Crippen LogP contribution in [-0.2, 0) is 0 Å². The van der Waals surface area contributed by atoms with Gasteiger partial charge >= 0.3 is 6.09 Å². The van der Waals surface area contributed by atoms with E-state index in [1.54, 1.807) is 12.1 Å². The van der Waals surface area contributed by atoms with E-state index < -0.39 is 6.09 Å². The predicted octanol–water partition coefficient (Wildman–Crippen LogP) is 1.17. The summed E-state index contributed by atoms with van der Waals surface area (Å²) in [5, 5.41) is 2.53. The lowest BCUT2D eigenvalue weighted by Gasteiger charge is -2.02. The Balaban J connectivity index is 2.47. The molecule has 0 fully saturated rings. The molecule has 1 aromatic rings. The largest absolute Gasteiger partial charge is 0.411 e. The van der Waals surface area contributed by atoms with Crippen molar-refractivity contribution in [1.82, 2.24) is 5.23 Å². The average Bonchev–Trinajstić information content (AvgIpc) is 2.06. The van der Waals surface area contributed by atoms with Gasteiger partial charge in [-0.05, 0) is 12.1 Å². The van der Waals surface area contributed by atoms with Crippen LogP contribution >= 0.6 is 0 Å². The third-order valence-electron chi connectivity index (χ3n) is 1.27. The molecule has 0 aliphatic carbocycles. The number of benzene rings is 1. The normalized spacial score (nSPS) is 8.75. The number of para-hydroxylation sites is 1. The number of amides is 1. The van der Waals surface area contributed by atoms with Crippen molar-refractivity contribution < 1.29 is 9.53 Å². The molecule has 1 amide bonds. The summed E-state index contributed by atoms with van der Waals surface area (Å²) in [6.45, 7) is 1.84. The summed E-state index contributed by atoms with van der Waals surface area (Å²) >= 11 is 0. The van der Waals surface area contributed by atoms with Gasteiger partial charge in [-0.25, -0.2) is 4.79 Å². The van der Waals surface area contributed by atoms with Gasteiger partial charge in [-0.3, -0.25) is 0 Å². The first-order valence-corrected chi connectivity index (χ1v) is 3.83. The lowest BCUT2D eigenvalue weighted by molar-refractivity contribution is 0.207. The smallest absolute Gasteiger partial charge is 0.400 e. The topological polar surface area (TPSA) is 38.3 Å². The van der Waals surface area contributed by atoms with Crippen molar-refractivity contribution in [2.45, 2.75) is 6.82 Å². The third kappa shape index (κ3) is 2.66. The van der Waals surface area contributed by atoms with Crippen LogP contribution in [0.25, 0.3) is 0 Å². The third-order valence-corrected chi connectivity index (χ3v) is 1.27. The summed E-state index contributed by atoms with van der Waals surface area (Å²) in [5.41, 5.74) is 0. The van der Waals surface area contributed by atoms with Crippen LogP contribution in [0, 0.1) is 0 Å². The van der Waals surface area contributed by atoms with E-state index in [2.05, 4.69) is 5.23 Å². The van der Waals surface area contributed by atoms with E-state index >= 15 is 0 Å². The summed E-state index contributed by atoms with van der Waals surface area (Å²) in [6.07, 6.45) is -0.413. The van der Waals surface area contributed by atoms with E-state index in [-0.39, 0.29) is 0 Å². The molecule has 3 nitrogen and oxygen atoms in total. The molecule has 1 rings (SSSR count). The first-order chi connectivity index (χ1) is 5.83. The Bertz CT molecular complexity index is 250. The minimum absolute atomic E-state index is 0.413. The lowest BCUT2D eigenvalue weighted by atomic mass is 10.0. The molecule has 0 saturated carbocycles. The maximum Gasteiger partial charge on any atom is 0.400 e. The Morgan fingerprint density at radius 1 is 1.42 bits per heavy atom. The molecule has 4 heteroatoms. The highest BCUT2D eigenvalue weighted by atomic mass is 16.5. The predicted molar refractivity (Wildman–Crippen MR) is 48.6 cm³/mol. The number of hydrogen-bond donors (Lipinski definition) is 1. The van der Waals surface area contributed by atoms with Gasteiger partial charge in [0.05, 0.1) is 0 Å². The van der Waals surface area contributed by atoms with Crippen LogP contribution in [0.15, 0.2) is 30.3 Å². The molecule has 1 aromatic carbocycles. The van der Waals surface area contributed by atoms with Gasteiger partial charge in [-0.15, -0.1) is 0 Å². The molecule has 0 radical (unpaired) electrons. The second-order valence-corrected chi connectivity index (χ2v) is 2.23. The van der Waals surface area contributed by atoms with E-state index in [4.69, 9.17) is 4.74 Å². The summed E-state index contributed by atoms with van der Waals surface area (Å²) in [6, 6.07) is 8.96. The van der Waals surface area contributed by atoms with Crippen LogP contribution in [-0.4, -0.2) is 13.5 Å². The molecule has 0 unspecified atom stereocenters. The van der Waals surface area contributed by atoms with E-state index in [1.807, 2.05) is 25.0 Å². The average molecular weight is 163 g/mol. The van der Waals surface area contributed by atoms with Crippen molar-refractivity contribution in [3.63, 3.8) is 0 Å². The lowest BCUT2D eigenvalue weighted by Crippen LogP contribution is -2.28. The van der Waals surface area contributed by atoms with Crippen LogP contribution < -0.4 is 9.96 Å². The van der Waals surface area contributed by atoms with Crippen LogP contribution in [0.3, 0.4) is 0 Å². The summed E-state index contributed by atoms with van der Waals surface area (Å²) in [7, 11) is 0.575. The molecule has 0 bridgehead atoms. The zero-order valence-electron chi connectivity index (χ0n) is 6.91. The van der Waals surface area contributed by atoms with Gasteiger partial charge in [0.15, 0.2) is 0 Å². The molecule has 1 N–H and O–H groups in total. The van der Waals surface area contributed by atoms with Gasteiger partial charge in [0.2, 0.25) is 7.41 Å². The van der Waals surface area contributed by atoms with Crippen molar-refractivity contribution in [2.24, 2.45) is 0 Å². The fraction of sp³-hybridized carbons (Fsp3) is 0.125. The Morgan fingerprint density at radius 3 is 2.67 bits per heavy atom. The van der Waals surface area contributed by atoms with E-state index in [1.165, 1.54) is 0 Å².